The lowest BCUT2D eigenvalue weighted by Gasteiger charge is -2.26. The Morgan fingerprint density at radius 2 is 2.00 bits per heavy atom. The molecule has 1 saturated heterocycles. The molecule has 2 aliphatic rings. The highest BCUT2D eigenvalue weighted by atomic mass is 32.1. The first kappa shape index (κ1) is 22.3. The van der Waals surface area contributed by atoms with E-state index >= 15 is 0 Å². The summed E-state index contributed by atoms with van der Waals surface area (Å²) >= 11 is 1.20. The summed E-state index contributed by atoms with van der Waals surface area (Å²) in [5.74, 6) is 0.0107. The summed E-state index contributed by atoms with van der Waals surface area (Å²) in [7, 11) is 0. The maximum absolute atomic E-state index is 12.9. The van der Waals surface area contributed by atoms with Crippen LogP contribution in [0.25, 0.3) is 10.7 Å². The van der Waals surface area contributed by atoms with E-state index in [9.17, 15) is 9.59 Å². The van der Waals surface area contributed by atoms with Crippen molar-refractivity contribution in [2.75, 3.05) is 43.5 Å². The Labute approximate surface area is 199 Å². The van der Waals surface area contributed by atoms with E-state index in [1.807, 2.05) is 4.90 Å². The Hall–Kier alpha value is -3.48. The van der Waals surface area contributed by atoms with Crippen LogP contribution < -0.4 is 15.4 Å². The van der Waals surface area contributed by atoms with Crippen LogP contribution in [0.5, 0.6) is 5.75 Å². The average molecular weight is 482 g/mol. The molecule has 34 heavy (non-hydrogen) atoms. The Kier molecular flexibility index (Phi) is 6.70. The molecule has 1 aliphatic heterocycles. The molecule has 2 fully saturated rings. The van der Waals surface area contributed by atoms with Crippen LogP contribution in [0.1, 0.15) is 23.2 Å². The monoisotopic (exact) mass is 481 g/mol. The third kappa shape index (κ3) is 5.71. The number of morpholine rings is 1. The van der Waals surface area contributed by atoms with Gasteiger partial charge in [-0.2, -0.15) is 0 Å². The molecule has 2 N–H and O–H groups in total. The molecule has 1 saturated carbocycles. The van der Waals surface area contributed by atoms with Gasteiger partial charge in [-0.15, -0.1) is 10.2 Å². The molecule has 12 heteroatoms. The van der Waals surface area contributed by atoms with E-state index in [0.717, 1.165) is 12.8 Å². The standard InChI is InChI=1S/C22H23N7O4S/c30-19(13-29-7-9-32-10-8-29)25-16-11-14(1-4-18(16)33-15-2-3-15)20(31)26-22-28-27-21(34-22)17-12-23-5-6-24-17/h1,4-6,11-12,15H,2-3,7-10,13H2,(H,25,30)(H,26,28,31). The van der Waals surface area contributed by atoms with Gasteiger partial charge in [0.2, 0.25) is 11.0 Å². The number of carbonyl (C=O) groups excluding carboxylic acids is 2. The summed E-state index contributed by atoms with van der Waals surface area (Å²) < 4.78 is 11.3. The maximum Gasteiger partial charge on any atom is 0.257 e. The highest BCUT2D eigenvalue weighted by Gasteiger charge is 2.26. The van der Waals surface area contributed by atoms with Crippen LogP contribution in [-0.2, 0) is 9.53 Å². The predicted octanol–water partition coefficient (Wildman–Crippen LogP) is 2.06. The van der Waals surface area contributed by atoms with Crippen molar-refractivity contribution in [3.8, 4) is 16.5 Å². The van der Waals surface area contributed by atoms with Crippen molar-refractivity contribution in [3.63, 3.8) is 0 Å². The van der Waals surface area contributed by atoms with E-state index in [4.69, 9.17) is 9.47 Å². The first-order chi connectivity index (χ1) is 16.6. The Bertz CT molecular complexity index is 1160. The minimum atomic E-state index is -0.372. The summed E-state index contributed by atoms with van der Waals surface area (Å²) in [6.07, 6.45) is 6.83. The molecule has 2 aromatic heterocycles. The van der Waals surface area contributed by atoms with Crippen LogP contribution >= 0.6 is 11.3 Å². The highest BCUT2D eigenvalue weighted by molar-refractivity contribution is 7.18. The van der Waals surface area contributed by atoms with Gasteiger partial charge in [-0.1, -0.05) is 11.3 Å². The molecule has 0 bridgehead atoms. The summed E-state index contributed by atoms with van der Waals surface area (Å²) in [6, 6.07) is 4.99. The fourth-order valence-corrected chi connectivity index (χ4v) is 4.05. The molecule has 176 valence electrons. The molecule has 11 nitrogen and oxygen atoms in total. The van der Waals surface area contributed by atoms with Gasteiger partial charge < -0.3 is 14.8 Å². The molecule has 5 rings (SSSR count). The summed E-state index contributed by atoms with van der Waals surface area (Å²) in [6.45, 7) is 2.89. The van der Waals surface area contributed by atoms with Crippen molar-refractivity contribution in [1.82, 2.24) is 25.1 Å². The van der Waals surface area contributed by atoms with Gasteiger partial charge in [0.05, 0.1) is 37.7 Å². The predicted molar refractivity (Wildman–Crippen MR) is 125 cm³/mol. The Balaban J connectivity index is 1.28. The maximum atomic E-state index is 12.9. The third-order valence-electron chi connectivity index (χ3n) is 5.23. The molecular formula is C22H23N7O4S. The van der Waals surface area contributed by atoms with E-state index in [0.29, 0.717) is 59.1 Å². The van der Waals surface area contributed by atoms with Crippen LogP contribution in [0.2, 0.25) is 0 Å². The fraction of sp³-hybridized carbons (Fsp3) is 0.364. The fourth-order valence-electron chi connectivity index (χ4n) is 3.35. The molecule has 0 atom stereocenters. The second kappa shape index (κ2) is 10.2. The van der Waals surface area contributed by atoms with Crippen molar-refractivity contribution in [2.45, 2.75) is 18.9 Å². The van der Waals surface area contributed by atoms with Crippen molar-refractivity contribution < 1.29 is 19.1 Å². The summed E-state index contributed by atoms with van der Waals surface area (Å²) in [4.78, 5) is 35.8. The third-order valence-corrected chi connectivity index (χ3v) is 6.09. The molecule has 0 unspecified atom stereocenters. The van der Waals surface area contributed by atoms with Crippen LogP contribution in [0.15, 0.2) is 36.8 Å². The largest absolute Gasteiger partial charge is 0.488 e. The SMILES string of the molecule is O=C(CN1CCOCC1)Nc1cc(C(=O)Nc2nnc(-c3cnccn3)s2)ccc1OC1CC1. The Morgan fingerprint density at radius 1 is 1.15 bits per heavy atom. The van der Waals surface area contributed by atoms with E-state index in [1.165, 1.54) is 11.3 Å². The number of hydrogen-bond donors (Lipinski definition) is 2. The van der Waals surface area contributed by atoms with Gasteiger partial charge in [0, 0.05) is 31.0 Å². The number of aromatic nitrogens is 4. The molecule has 3 aromatic rings. The quantitative estimate of drug-likeness (QED) is 0.496. The number of carbonyl (C=O) groups is 2. The van der Waals surface area contributed by atoms with Gasteiger partial charge in [-0.25, -0.2) is 0 Å². The molecule has 2 amide bonds. The molecular weight excluding hydrogens is 458 g/mol. The number of benzene rings is 1. The number of nitrogens with one attached hydrogen (secondary N) is 2. The lowest BCUT2D eigenvalue weighted by molar-refractivity contribution is -0.118. The van der Waals surface area contributed by atoms with Crippen molar-refractivity contribution in [3.05, 3.63) is 42.4 Å². The highest BCUT2D eigenvalue weighted by Crippen LogP contribution is 2.33. The second-order valence-corrected chi connectivity index (χ2v) is 8.90. The van der Waals surface area contributed by atoms with Crippen LogP contribution in [0.4, 0.5) is 10.8 Å². The van der Waals surface area contributed by atoms with Gasteiger partial charge in [0.1, 0.15) is 11.4 Å². The average Bonchev–Trinajstić information content (AvgIpc) is 3.56. The number of amides is 2. The number of ether oxygens (including phenoxy) is 2. The second-order valence-electron chi connectivity index (χ2n) is 7.92. The normalized spacial score (nSPS) is 16.1. The molecule has 1 aliphatic carbocycles. The van der Waals surface area contributed by atoms with Gasteiger partial charge in [0.15, 0.2) is 5.01 Å². The van der Waals surface area contributed by atoms with Crippen LogP contribution in [0.3, 0.4) is 0 Å². The summed E-state index contributed by atoms with van der Waals surface area (Å²) in [5, 5.41) is 14.6. The molecule has 1 aromatic carbocycles. The van der Waals surface area contributed by atoms with Crippen LogP contribution in [0, 0.1) is 0 Å². The Morgan fingerprint density at radius 3 is 2.76 bits per heavy atom. The van der Waals surface area contributed by atoms with Crippen molar-refractivity contribution >= 4 is 34.0 Å². The van der Waals surface area contributed by atoms with Crippen molar-refractivity contribution in [1.29, 1.82) is 0 Å². The zero-order valence-electron chi connectivity index (χ0n) is 18.3. The molecule has 0 spiro atoms. The minimum Gasteiger partial charge on any atom is -0.488 e. The topological polar surface area (TPSA) is 131 Å². The first-order valence-corrected chi connectivity index (χ1v) is 11.8. The number of rotatable bonds is 8. The number of anilines is 2. The van der Waals surface area contributed by atoms with E-state index < -0.39 is 0 Å². The van der Waals surface area contributed by atoms with E-state index in [-0.39, 0.29) is 24.5 Å². The van der Waals surface area contributed by atoms with Gasteiger partial charge >= 0.3 is 0 Å². The van der Waals surface area contributed by atoms with Crippen molar-refractivity contribution in [2.24, 2.45) is 0 Å². The minimum absolute atomic E-state index is 0.149. The zero-order chi connectivity index (χ0) is 23.3. The van der Waals surface area contributed by atoms with E-state index in [2.05, 4.69) is 30.8 Å². The lowest BCUT2D eigenvalue weighted by Crippen LogP contribution is -2.41. The number of hydrogen-bond acceptors (Lipinski definition) is 10. The van der Waals surface area contributed by atoms with Gasteiger partial charge in [-0.3, -0.25) is 29.8 Å². The molecule has 0 radical (unpaired) electrons. The summed E-state index contributed by atoms with van der Waals surface area (Å²) in [5.41, 5.74) is 1.41. The van der Waals surface area contributed by atoms with E-state index in [1.54, 1.807) is 36.8 Å². The molecule has 3 heterocycles. The lowest BCUT2D eigenvalue weighted by atomic mass is 10.1. The van der Waals surface area contributed by atoms with Gasteiger partial charge in [0.25, 0.3) is 5.91 Å². The number of nitrogens with zero attached hydrogens (tertiary/aromatic N) is 5. The smallest absolute Gasteiger partial charge is 0.257 e. The van der Waals surface area contributed by atoms with Crippen LogP contribution in [-0.4, -0.2) is 75.8 Å². The van der Waals surface area contributed by atoms with Gasteiger partial charge in [-0.05, 0) is 31.0 Å². The first-order valence-electron chi connectivity index (χ1n) is 11.0. The zero-order valence-corrected chi connectivity index (χ0v) is 19.1.